The number of nitrogens with two attached hydrogens (primary N) is 1. The van der Waals surface area contributed by atoms with Crippen LogP contribution >= 0.6 is 0 Å². The molecule has 1 aliphatic carbocycles. The normalized spacial score (nSPS) is 16.0. The number of hydrogen-bond donors (Lipinski definition) is 3. The second kappa shape index (κ2) is 2.57. The Morgan fingerprint density at radius 3 is 3.07 bits per heavy atom. The van der Waals surface area contributed by atoms with Gasteiger partial charge in [0.1, 0.15) is 5.52 Å². The number of nitrogens with one attached hydrogen (secondary N) is 2. The topological polar surface area (TPSA) is 92.5 Å². The highest BCUT2D eigenvalue weighted by Crippen LogP contribution is 2.24. The number of nitrogen functional groups attached to an aromatic ring is 1. The van der Waals surface area contributed by atoms with E-state index in [2.05, 4.69) is 25.3 Å². The molecule has 0 atom stereocenters. The third-order valence-corrected chi connectivity index (χ3v) is 2.22. The van der Waals surface area contributed by atoms with Crippen molar-refractivity contribution in [3.8, 4) is 0 Å². The Kier molecular flexibility index (Phi) is 1.38. The van der Waals surface area contributed by atoms with Gasteiger partial charge >= 0.3 is 0 Å². The molecule has 2 aromatic heterocycles. The van der Waals surface area contributed by atoms with Crippen LogP contribution in [0.25, 0.3) is 11.2 Å². The molecule has 2 heterocycles. The summed E-state index contributed by atoms with van der Waals surface area (Å²) in [6, 6.07) is 0.523. The molecular formula is C8H10N6. The Labute approximate surface area is 80.0 Å². The fraction of sp³-hybridized carbons (Fsp3) is 0.375. The first-order valence-electron chi connectivity index (χ1n) is 4.56. The van der Waals surface area contributed by atoms with Crippen molar-refractivity contribution in [2.24, 2.45) is 0 Å². The number of rotatable bonds is 2. The van der Waals surface area contributed by atoms with Gasteiger partial charge in [-0.05, 0) is 12.8 Å². The van der Waals surface area contributed by atoms with Crippen molar-refractivity contribution in [1.29, 1.82) is 0 Å². The highest BCUT2D eigenvalue weighted by atomic mass is 15.2. The van der Waals surface area contributed by atoms with Gasteiger partial charge in [-0.25, -0.2) is 4.98 Å². The molecule has 3 rings (SSSR count). The lowest BCUT2D eigenvalue weighted by molar-refractivity contribution is 1.07. The van der Waals surface area contributed by atoms with Crippen LogP contribution in [0.4, 0.5) is 11.8 Å². The van der Waals surface area contributed by atoms with Crippen molar-refractivity contribution in [2.45, 2.75) is 18.9 Å². The number of aromatic amines is 1. The third kappa shape index (κ3) is 1.15. The molecule has 14 heavy (non-hydrogen) atoms. The summed E-state index contributed by atoms with van der Waals surface area (Å²) in [5.41, 5.74) is 7.04. The second-order valence-electron chi connectivity index (χ2n) is 3.45. The van der Waals surface area contributed by atoms with Crippen molar-refractivity contribution in [1.82, 2.24) is 19.9 Å². The molecule has 0 aromatic carbocycles. The summed E-state index contributed by atoms with van der Waals surface area (Å²) in [5.74, 6) is 1.00. The smallest absolute Gasteiger partial charge is 0.226 e. The molecule has 0 saturated heterocycles. The zero-order valence-corrected chi connectivity index (χ0v) is 7.49. The summed E-state index contributed by atoms with van der Waals surface area (Å²) in [4.78, 5) is 15.3. The minimum absolute atomic E-state index is 0.416. The molecule has 4 N–H and O–H groups in total. The predicted molar refractivity (Wildman–Crippen MR) is 52.7 cm³/mol. The fourth-order valence-electron chi connectivity index (χ4n) is 1.33. The van der Waals surface area contributed by atoms with Crippen LogP contribution in [0.2, 0.25) is 0 Å². The summed E-state index contributed by atoms with van der Waals surface area (Å²) in [5, 5.41) is 3.19. The van der Waals surface area contributed by atoms with Crippen LogP contribution in [0.1, 0.15) is 12.8 Å². The molecule has 0 radical (unpaired) electrons. The number of nitrogens with zero attached hydrogens (tertiary/aromatic N) is 3. The zero-order chi connectivity index (χ0) is 9.54. The van der Waals surface area contributed by atoms with Crippen molar-refractivity contribution < 1.29 is 0 Å². The predicted octanol–water partition coefficient (Wildman–Crippen LogP) is 0.509. The largest absolute Gasteiger partial charge is 0.382 e. The van der Waals surface area contributed by atoms with Crippen LogP contribution in [0, 0.1) is 0 Å². The number of aromatic nitrogens is 4. The maximum absolute atomic E-state index is 5.72. The molecule has 72 valence electrons. The van der Waals surface area contributed by atoms with E-state index in [0.717, 1.165) is 0 Å². The lowest BCUT2D eigenvalue weighted by atomic mass is 10.5. The Hall–Kier alpha value is -1.85. The molecular weight excluding hydrogens is 180 g/mol. The van der Waals surface area contributed by atoms with Crippen LogP contribution in [-0.2, 0) is 0 Å². The molecule has 1 fully saturated rings. The van der Waals surface area contributed by atoms with E-state index in [-0.39, 0.29) is 0 Å². The Morgan fingerprint density at radius 2 is 2.29 bits per heavy atom. The maximum atomic E-state index is 5.72. The minimum Gasteiger partial charge on any atom is -0.382 e. The van der Waals surface area contributed by atoms with Gasteiger partial charge in [0.2, 0.25) is 5.95 Å². The first-order chi connectivity index (χ1) is 6.83. The lowest BCUT2D eigenvalue weighted by Crippen LogP contribution is -2.07. The van der Waals surface area contributed by atoms with Gasteiger partial charge in [-0.3, -0.25) is 0 Å². The Bertz CT molecular complexity index is 472. The average molecular weight is 190 g/mol. The highest BCUT2D eigenvalue weighted by Gasteiger charge is 2.22. The third-order valence-electron chi connectivity index (χ3n) is 2.22. The molecule has 0 spiro atoms. The standard InChI is InChI=1S/C8H10N6/c9-6-5-7(11-3-10-5)14-8(13-6)12-4-1-2-4/h3-4H,1-2H2,(H4,9,10,11,12,13,14). The monoisotopic (exact) mass is 190 g/mol. The van der Waals surface area contributed by atoms with Gasteiger partial charge in [0.25, 0.3) is 0 Å². The highest BCUT2D eigenvalue weighted by molar-refractivity contribution is 5.82. The molecule has 0 bridgehead atoms. The van der Waals surface area contributed by atoms with Crippen LogP contribution in [0.5, 0.6) is 0 Å². The van der Waals surface area contributed by atoms with E-state index >= 15 is 0 Å². The summed E-state index contributed by atoms with van der Waals surface area (Å²) in [6.07, 6.45) is 3.94. The van der Waals surface area contributed by atoms with E-state index in [1.165, 1.54) is 12.8 Å². The van der Waals surface area contributed by atoms with Gasteiger partial charge < -0.3 is 16.0 Å². The van der Waals surface area contributed by atoms with E-state index < -0.39 is 0 Å². The van der Waals surface area contributed by atoms with E-state index in [9.17, 15) is 0 Å². The molecule has 0 unspecified atom stereocenters. The summed E-state index contributed by atoms with van der Waals surface area (Å²) in [6.45, 7) is 0. The van der Waals surface area contributed by atoms with Gasteiger partial charge in [0.05, 0.1) is 6.33 Å². The van der Waals surface area contributed by atoms with Crippen LogP contribution in [0.15, 0.2) is 6.33 Å². The lowest BCUT2D eigenvalue weighted by Gasteiger charge is -2.02. The van der Waals surface area contributed by atoms with Crippen LogP contribution in [-0.4, -0.2) is 26.0 Å². The molecule has 0 amide bonds. The molecule has 6 heteroatoms. The van der Waals surface area contributed by atoms with Gasteiger partial charge in [0.15, 0.2) is 11.5 Å². The average Bonchev–Trinajstić information content (AvgIpc) is 2.82. The Morgan fingerprint density at radius 1 is 1.43 bits per heavy atom. The summed E-state index contributed by atoms with van der Waals surface area (Å²) in [7, 11) is 0. The van der Waals surface area contributed by atoms with E-state index in [1.54, 1.807) is 6.33 Å². The number of fused-ring (bicyclic) bond motifs is 1. The Balaban J connectivity index is 2.06. The van der Waals surface area contributed by atoms with E-state index in [0.29, 0.717) is 29.0 Å². The number of imidazole rings is 1. The van der Waals surface area contributed by atoms with Gasteiger partial charge in [-0.2, -0.15) is 9.97 Å². The second-order valence-corrected chi connectivity index (χ2v) is 3.45. The molecule has 0 aliphatic heterocycles. The van der Waals surface area contributed by atoms with Crippen molar-refractivity contribution in [3.05, 3.63) is 6.33 Å². The van der Waals surface area contributed by atoms with Crippen molar-refractivity contribution in [2.75, 3.05) is 11.1 Å². The SMILES string of the molecule is Nc1nc(NC2CC2)nc2[nH]cnc12. The van der Waals surface area contributed by atoms with Crippen LogP contribution in [0.3, 0.4) is 0 Å². The summed E-state index contributed by atoms with van der Waals surface area (Å²) >= 11 is 0. The molecule has 6 nitrogen and oxygen atoms in total. The van der Waals surface area contributed by atoms with Gasteiger partial charge in [-0.15, -0.1) is 0 Å². The van der Waals surface area contributed by atoms with Crippen molar-refractivity contribution >= 4 is 22.9 Å². The fourth-order valence-corrected chi connectivity index (χ4v) is 1.33. The zero-order valence-electron chi connectivity index (χ0n) is 7.49. The number of anilines is 2. The molecule has 2 aromatic rings. The number of H-pyrrole nitrogens is 1. The summed E-state index contributed by atoms with van der Waals surface area (Å²) < 4.78 is 0. The van der Waals surface area contributed by atoms with Gasteiger partial charge in [-0.1, -0.05) is 0 Å². The molecule has 1 aliphatic rings. The first kappa shape index (κ1) is 7.54. The van der Waals surface area contributed by atoms with E-state index in [1.807, 2.05) is 0 Å². The van der Waals surface area contributed by atoms with Crippen molar-refractivity contribution in [3.63, 3.8) is 0 Å². The quantitative estimate of drug-likeness (QED) is 0.641. The minimum atomic E-state index is 0.416. The van der Waals surface area contributed by atoms with E-state index in [4.69, 9.17) is 5.73 Å². The van der Waals surface area contributed by atoms with Crippen LogP contribution < -0.4 is 11.1 Å². The first-order valence-corrected chi connectivity index (χ1v) is 4.56. The van der Waals surface area contributed by atoms with Gasteiger partial charge in [0, 0.05) is 6.04 Å². The maximum Gasteiger partial charge on any atom is 0.226 e. The molecule has 1 saturated carbocycles. The number of hydrogen-bond acceptors (Lipinski definition) is 5.